The van der Waals surface area contributed by atoms with Crippen LogP contribution in [0, 0.1) is 0 Å². The number of hydrogen-bond acceptors (Lipinski definition) is 7. The maximum absolute atomic E-state index is 11.5. The van der Waals surface area contributed by atoms with Gasteiger partial charge in [-0.1, -0.05) is 11.8 Å². The molecule has 0 aromatic heterocycles. The molecule has 0 aromatic rings. The number of rotatable bonds is 2. The van der Waals surface area contributed by atoms with E-state index in [0.717, 1.165) is 0 Å². The molecule has 2 rings (SSSR count). The summed E-state index contributed by atoms with van der Waals surface area (Å²) in [5.41, 5.74) is 0.433. The molecule has 1 unspecified atom stereocenters. The van der Waals surface area contributed by atoms with Crippen LogP contribution in [0.3, 0.4) is 0 Å². The molecule has 0 aromatic carbocycles. The van der Waals surface area contributed by atoms with Crippen molar-refractivity contribution in [2.45, 2.75) is 6.17 Å². The molecule has 84 valence electrons. The Morgan fingerprint density at radius 2 is 2.50 bits per heavy atom. The van der Waals surface area contributed by atoms with Crippen LogP contribution < -0.4 is 0 Å². The molecule has 1 N–H and O–H groups in total. The summed E-state index contributed by atoms with van der Waals surface area (Å²) in [6.07, 6.45) is 0.965. The summed E-state index contributed by atoms with van der Waals surface area (Å²) in [4.78, 5) is 15.6. The highest BCUT2D eigenvalue weighted by Crippen LogP contribution is 2.24. The monoisotopic (exact) mass is 222 g/mol. The van der Waals surface area contributed by atoms with Gasteiger partial charge in [0.25, 0.3) is 0 Å². The number of aliphatic imine (C=N–C) groups is 1. The first kappa shape index (κ1) is 10.3. The molecular formula is C9H10N4O3. The van der Waals surface area contributed by atoms with Crippen LogP contribution in [-0.2, 0) is 9.53 Å². The van der Waals surface area contributed by atoms with Crippen molar-refractivity contribution in [3.63, 3.8) is 0 Å². The van der Waals surface area contributed by atoms with Gasteiger partial charge in [0, 0.05) is 6.08 Å². The lowest BCUT2D eigenvalue weighted by Crippen LogP contribution is -2.35. The molecule has 0 radical (unpaired) electrons. The molecule has 7 nitrogen and oxygen atoms in total. The molecule has 0 bridgehead atoms. The maximum Gasteiger partial charge on any atom is 0.356 e. The van der Waals surface area contributed by atoms with Crippen LogP contribution in [0.15, 0.2) is 39.4 Å². The van der Waals surface area contributed by atoms with Crippen LogP contribution in [0.1, 0.15) is 0 Å². The van der Waals surface area contributed by atoms with Gasteiger partial charge in [-0.3, -0.25) is 4.99 Å². The molecule has 0 saturated heterocycles. The van der Waals surface area contributed by atoms with E-state index >= 15 is 0 Å². The lowest BCUT2D eigenvalue weighted by Gasteiger charge is -2.24. The van der Waals surface area contributed by atoms with E-state index in [9.17, 15) is 9.90 Å². The highest BCUT2D eigenvalue weighted by Gasteiger charge is 2.33. The molecule has 0 saturated carbocycles. The van der Waals surface area contributed by atoms with Crippen molar-refractivity contribution < 1.29 is 14.6 Å². The predicted molar refractivity (Wildman–Crippen MR) is 54.7 cm³/mol. The minimum Gasteiger partial charge on any atom is -0.506 e. The number of fused-ring (bicyclic) bond motifs is 1. The standard InChI is InChI=1S/C9H10N4O3/c1-5(14)6-3-7(9(15)16-2)13-8(11-6)4-10-12-13/h3,8,14H,1,4H2,2H3. The van der Waals surface area contributed by atoms with Crippen molar-refractivity contribution in [3.05, 3.63) is 24.1 Å². The van der Waals surface area contributed by atoms with E-state index < -0.39 is 12.1 Å². The molecule has 0 fully saturated rings. The van der Waals surface area contributed by atoms with Crippen molar-refractivity contribution in [2.75, 3.05) is 13.7 Å². The van der Waals surface area contributed by atoms with Gasteiger partial charge in [-0.25, -0.2) is 9.80 Å². The third kappa shape index (κ3) is 1.56. The number of nitrogens with zero attached hydrogens (tertiary/aromatic N) is 4. The largest absolute Gasteiger partial charge is 0.506 e. The van der Waals surface area contributed by atoms with Gasteiger partial charge in [-0.15, -0.1) is 0 Å². The van der Waals surface area contributed by atoms with E-state index in [1.165, 1.54) is 18.2 Å². The van der Waals surface area contributed by atoms with Crippen LogP contribution in [0.25, 0.3) is 0 Å². The number of carbonyl (C=O) groups is 1. The quantitative estimate of drug-likeness (QED) is 0.546. The molecular weight excluding hydrogens is 212 g/mol. The smallest absolute Gasteiger partial charge is 0.356 e. The summed E-state index contributed by atoms with van der Waals surface area (Å²) < 4.78 is 4.61. The fourth-order valence-electron chi connectivity index (χ4n) is 1.43. The lowest BCUT2D eigenvalue weighted by molar-refractivity contribution is -0.138. The van der Waals surface area contributed by atoms with E-state index in [1.807, 2.05) is 0 Å². The van der Waals surface area contributed by atoms with Crippen LogP contribution in [0.4, 0.5) is 0 Å². The van der Waals surface area contributed by atoms with E-state index in [2.05, 4.69) is 26.6 Å². The Hall–Kier alpha value is -2.18. The zero-order valence-electron chi connectivity index (χ0n) is 8.62. The fourth-order valence-corrected chi connectivity index (χ4v) is 1.43. The Morgan fingerprint density at radius 1 is 1.75 bits per heavy atom. The molecule has 2 aliphatic heterocycles. The SMILES string of the molecule is C=C(O)C1=NC2CN=NN2C(C(=O)OC)=C1. The number of aliphatic hydroxyl groups excluding tert-OH is 1. The van der Waals surface area contributed by atoms with Gasteiger partial charge in [0.15, 0.2) is 11.9 Å². The fraction of sp³-hybridized carbons (Fsp3) is 0.333. The second-order valence-electron chi connectivity index (χ2n) is 3.22. The average Bonchev–Trinajstić information content (AvgIpc) is 2.74. The molecule has 0 aliphatic carbocycles. The number of hydrogen-bond donors (Lipinski definition) is 1. The van der Waals surface area contributed by atoms with Gasteiger partial charge in [0.1, 0.15) is 18.0 Å². The van der Waals surface area contributed by atoms with Crippen LogP contribution in [0.5, 0.6) is 0 Å². The number of esters is 1. The molecule has 0 spiro atoms. The first-order valence-electron chi connectivity index (χ1n) is 4.56. The minimum atomic E-state index is -0.556. The van der Waals surface area contributed by atoms with E-state index in [1.54, 1.807) is 0 Å². The highest BCUT2D eigenvalue weighted by atomic mass is 16.5. The van der Waals surface area contributed by atoms with Crippen LogP contribution in [-0.4, -0.2) is 41.6 Å². The third-order valence-corrected chi connectivity index (χ3v) is 2.19. The normalized spacial score (nSPS) is 22.3. The molecule has 2 heterocycles. The van der Waals surface area contributed by atoms with Crippen molar-refractivity contribution in [1.29, 1.82) is 0 Å². The molecule has 2 aliphatic rings. The van der Waals surface area contributed by atoms with Gasteiger partial charge in [-0.2, -0.15) is 5.11 Å². The number of aliphatic hydroxyl groups is 1. The zero-order valence-corrected chi connectivity index (χ0v) is 8.62. The van der Waals surface area contributed by atoms with Crippen molar-refractivity contribution in [2.24, 2.45) is 15.3 Å². The molecule has 16 heavy (non-hydrogen) atoms. The number of ether oxygens (including phenoxy) is 1. The van der Waals surface area contributed by atoms with Crippen molar-refractivity contribution in [3.8, 4) is 0 Å². The van der Waals surface area contributed by atoms with Crippen molar-refractivity contribution in [1.82, 2.24) is 5.01 Å². The summed E-state index contributed by atoms with van der Waals surface area (Å²) in [5, 5.41) is 18.2. The van der Waals surface area contributed by atoms with Crippen LogP contribution in [0.2, 0.25) is 0 Å². The number of carbonyl (C=O) groups excluding carboxylic acids is 1. The second kappa shape index (κ2) is 3.76. The Labute approximate surface area is 91.4 Å². The summed E-state index contributed by atoms with van der Waals surface area (Å²) in [5.74, 6) is -0.757. The zero-order chi connectivity index (χ0) is 11.7. The van der Waals surface area contributed by atoms with Gasteiger partial charge in [-0.05, 0) is 0 Å². The summed E-state index contributed by atoms with van der Waals surface area (Å²) in [6, 6.07) is 0. The van der Waals surface area contributed by atoms with E-state index in [-0.39, 0.29) is 17.2 Å². The Balaban J connectivity index is 2.38. The first-order chi connectivity index (χ1) is 7.63. The lowest BCUT2D eigenvalue weighted by atomic mass is 10.2. The number of allylic oxidation sites excluding steroid dienone is 1. The van der Waals surface area contributed by atoms with Gasteiger partial charge in [0.2, 0.25) is 0 Å². The average molecular weight is 222 g/mol. The van der Waals surface area contributed by atoms with Gasteiger partial charge in [0.05, 0.1) is 7.11 Å². The summed E-state index contributed by atoms with van der Waals surface area (Å²) in [7, 11) is 1.27. The summed E-state index contributed by atoms with van der Waals surface area (Å²) >= 11 is 0. The van der Waals surface area contributed by atoms with Gasteiger partial charge >= 0.3 is 5.97 Å². The minimum absolute atomic E-state index is 0.189. The van der Waals surface area contributed by atoms with Gasteiger partial charge < -0.3 is 9.84 Å². The molecule has 1 atom stereocenters. The Kier molecular flexibility index (Phi) is 2.43. The topological polar surface area (TPSA) is 86.9 Å². The Bertz CT molecular complexity index is 438. The van der Waals surface area contributed by atoms with E-state index in [4.69, 9.17) is 0 Å². The third-order valence-electron chi connectivity index (χ3n) is 2.19. The highest BCUT2D eigenvalue weighted by molar-refractivity contribution is 6.10. The summed E-state index contributed by atoms with van der Waals surface area (Å²) in [6.45, 7) is 3.70. The van der Waals surface area contributed by atoms with E-state index in [0.29, 0.717) is 6.54 Å². The predicted octanol–water partition coefficient (Wildman–Crippen LogP) is 0.579. The maximum atomic E-state index is 11.5. The van der Waals surface area contributed by atoms with Crippen molar-refractivity contribution >= 4 is 11.7 Å². The number of methoxy groups -OCH3 is 1. The van der Waals surface area contributed by atoms with Crippen LogP contribution >= 0.6 is 0 Å². The first-order valence-corrected chi connectivity index (χ1v) is 4.56. The molecule has 0 amide bonds. The Morgan fingerprint density at radius 3 is 3.12 bits per heavy atom. The second-order valence-corrected chi connectivity index (χ2v) is 3.22. The molecule has 7 heteroatoms.